The number of rotatable bonds is 8. The number of hydrogen-bond donors (Lipinski definition) is 2. The Bertz CT molecular complexity index is 1310. The van der Waals surface area contributed by atoms with E-state index in [2.05, 4.69) is 35.4 Å². The zero-order chi connectivity index (χ0) is 23.0. The Morgan fingerprint density at radius 2 is 1.82 bits per heavy atom. The highest BCUT2D eigenvalue weighted by Crippen LogP contribution is 2.18. The second kappa shape index (κ2) is 10.3. The number of fused-ring (bicyclic) bond motifs is 1. The van der Waals surface area contributed by atoms with Gasteiger partial charge in [0.2, 0.25) is 0 Å². The van der Waals surface area contributed by atoms with Crippen LogP contribution in [0.15, 0.2) is 84.6 Å². The van der Waals surface area contributed by atoms with Crippen molar-refractivity contribution in [2.24, 2.45) is 0 Å². The first-order valence-electron chi connectivity index (χ1n) is 10.9. The van der Waals surface area contributed by atoms with Crippen molar-refractivity contribution in [2.45, 2.75) is 20.0 Å². The van der Waals surface area contributed by atoms with Gasteiger partial charge in [0.25, 0.3) is 5.91 Å². The molecule has 0 aliphatic carbocycles. The molecule has 0 atom stereocenters. The molecular weight excluding hydrogens is 410 g/mol. The van der Waals surface area contributed by atoms with Gasteiger partial charge in [0.1, 0.15) is 24.0 Å². The van der Waals surface area contributed by atoms with Gasteiger partial charge in [0.15, 0.2) is 0 Å². The summed E-state index contributed by atoms with van der Waals surface area (Å²) >= 11 is 0. The molecular formula is C28H25N3O2. The summed E-state index contributed by atoms with van der Waals surface area (Å²) in [6.45, 7) is 2.99. The van der Waals surface area contributed by atoms with Gasteiger partial charge in [-0.05, 0) is 54.3 Å². The number of nitrogens with one attached hydrogen (secondary N) is 2. The van der Waals surface area contributed by atoms with E-state index in [0.717, 1.165) is 33.3 Å². The number of aromatic amines is 1. The van der Waals surface area contributed by atoms with Crippen molar-refractivity contribution < 1.29 is 9.53 Å². The van der Waals surface area contributed by atoms with Crippen molar-refractivity contribution in [3.8, 4) is 11.8 Å². The first kappa shape index (κ1) is 21.9. The highest BCUT2D eigenvalue weighted by atomic mass is 16.5. The number of benzene rings is 3. The van der Waals surface area contributed by atoms with Crippen LogP contribution in [0.4, 0.5) is 0 Å². The summed E-state index contributed by atoms with van der Waals surface area (Å²) in [5, 5.41) is 13.4. The summed E-state index contributed by atoms with van der Waals surface area (Å²) in [4.78, 5) is 15.7. The van der Waals surface area contributed by atoms with Gasteiger partial charge in [-0.3, -0.25) is 4.79 Å². The van der Waals surface area contributed by atoms with Gasteiger partial charge in [-0.2, -0.15) is 5.26 Å². The Morgan fingerprint density at radius 3 is 2.58 bits per heavy atom. The summed E-state index contributed by atoms with van der Waals surface area (Å²) in [6, 6.07) is 25.6. The average Bonchev–Trinajstić information content (AvgIpc) is 3.26. The minimum Gasteiger partial charge on any atom is -0.489 e. The lowest BCUT2D eigenvalue weighted by atomic mass is 10.1. The fourth-order valence-corrected chi connectivity index (χ4v) is 3.57. The van der Waals surface area contributed by atoms with E-state index in [1.165, 1.54) is 5.56 Å². The molecule has 0 saturated carbocycles. The van der Waals surface area contributed by atoms with Gasteiger partial charge in [-0.25, -0.2) is 0 Å². The van der Waals surface area contributed by atoms with Gasteiger partial charge in [0, 0.05) is 23.6 Å². The maximum atomic E-state index is 12.5. The Labute approximate surface area is 193 Å². The number of hydrogen-bond acceptors (Lipinski definition) is 3. The quantitative estimate of drug-likeness (QED) is 0.290. The molecule has 33 heavy (non-hydrogen) atoms. The monoisotopic (exact) mass is 435 g/mol. The Morgan fingerprint density at radius 1 is 1.06 bits per heavy atom. The average molecular weight is 436 g/mol. The lowest BCUT2D eigenvalue weighted by Crippen LogP contribution is -2.26. The molecule has 3 aromatic carbocycles. The number of carbonyl (C=O) groups is 1. The van der Waals surface area contributed by atoms with Gasteiger partial charge >= 0.3 is 0 Å². The lowest BCUT2D eigenvalue weighted by Gasteiger charge is -2.07. The van der Waals surface area contributed by atoms with Crippen LogP contribution in [-0.4, -0.2) is 17.4 Å². The van der Waals surface area contributed by atoms with E-state index in [0.29, 0.717) is 19.6 Å². The molecule has 0 saturated heterocycles. The topological polar surface area (TPSA) is 77.9 Å². The fourth-order valence-electron chi connectivity index (χ4n) is 3.57. The largest absolute Gasteiger partial charge is 0.489 e. The third-order valence-corrected chi connectivity index (χ3v) is 5.44. The van der Waals surface area contributed by atoms with Gasteiger partial charge in [-0.15, -0.1) is 0 Å². The van der Waals surface area contributed by atoms with Crippen LogP contribution in [0.1, 0.15) is 22.3 Å². The molecule has 2 N–H and O–H groups in total. The second-order valence-electron chi connectivity index (χ2n) is 7.88. The predicted molar refractivity (Wildman–Crippen MR) is 131 cm³/mol. The summed E-state index contributed by atoms with van der Waals surface area (Å²) in [7, 11) is 0. The van der Waals surface area contributed by atoms with Crippen LogP contribution in [0.2, 0.25) is 0 Å². The molecule has 1 heterocycles. The van der Waals surface area contributed by atoms with E-state index in [1.54, 1.807) is 6.08 Å². The van der Waals surface area contributed by atoms with E-state index >= 15 is 0 Å². The molecule has 1 aromatic heterocycles. The number of para-hydroxylation sites is 1. The van der Waals surface area contributed by atoms with E-state index < -0.39 is 0 Å². The van der Waals surface area contributed by atoms with Gasteiger partial charge in [0.05, 0.1) is 0 Å². The highest BCUT2D eigenvalue weighted by molar-refractivity contribution is 6.01. The van der Waals surface area contributed by atoms with Crippen molar-refractivity contribution in [1.29, 1.82) is 5.26 Å². The van der Waals surface area contributed by atoms with Crippen LogP contribution in [0.5, 0.6) is 5.75 Å². The molecule has 4 rings (SSSR count). The molecule has 1 amide bonds. The van der Waals surface area contributed by atoms with Crippen molar-refractivity contribution in [2.75, 3.05) is 6.54 Å². The van der Waals surface area contributed by atoms with E-state index in [4.69, 9.17) is 4.74 Å². The molecule has 0 fully saturated rings. The number of amides is 1. The molecule has 0 bridgehead atoms. The molecule has 0 radical (unpaired) electrons. The molecule has 5 heteroatoms. The van der Waals surface area contributed by atoms with Crippen LogP contribution < -0.4 is 10.1 Å². The van der Waals surface area contributed by atoms with Crippen molar-refractivity contribution in [3.63, 3.8) is 0 Å². The number of carbonyl (C=O) groups excluding carboxylic acids is 1. The predicted octanol–water partition coefficient (Wildman–Crippen LogP) is 5.32. The Kier molecular flexibility index (Phi) is 6.87. The van der Waals surface area contributed by atoms with Crippen LogP contribution in [0, 0.1) is 18.3 Å². The third-order valence-electron chi connectivity index (χ3n) is 5.44. The van der Waals surface area contributed by atoms with E-state index in [-0.39, 0.29) is 11.5 Å². The van der Waals surface area contributed by atoms with Crippen LogP contribution in [-0.2, 0) is 17.8 Å². The van der Waals surface area contributed by atoms with E-state index in [9.17, 15) is 10.1 Å². The molecule has 0 aliphatic rings. The van der Waals surface area contributed by atoms with Crippen LogP contribution in [0.3, 0.4) is 0 Å². The summed E-state index contributed by atoms with van der Waals surface area (Å²) in [6.07, 6.45) is 4.23. The Hall–Kier alpha value is -4.30. The first-order chi connectivity index (χ1) is 16.1. The lowest BCUT2D eigenvalue weighted by molar-refractivity contribution is -0.117. The zero-order valence-electron chi connectivity index (χ0n) is 18.5. The zero-order valence-corrected chi connectivity index (χ0v) is 18.5. The molecule has 164 valence electrons. The number of aryl methyl sites for hydroxylation is 1. The van der Waals surface area contributed by atoms with Crippen molar-refractivity contribution in [1.82, 2.24) is 10.3 Å². The molecule has 0 spiro atoms. The van der Waals surface area contributed by atoms with E-state index in [1.807, 2.05) is 66.9 Å². The highest BCUT2D eigenvalue weighted by Gasteiger charge is 2.10. The number of ether oxygens (including phenoxy) is 1. The summed E-state index contributed by atoms with van der Waals surface area (Å²) in [5.74, 6) is 0.353. The normalized spacial score (nSPS) is 11.2. The smallest absolute Gasteiger partial charge is 0.261 e. The summed E-state index contributed by atoms with van der Waals surface area (Å²) < 4.78 is 5.82. The maximum Gasteiger partial charge on any atom is 0.261 e. The maximum absolute atomic E-state index is 12.5. The number of nitriles is 1. The van der Waals surface area contributed by atoms with Gasteiger partial charge in [-0.1, -0.05) is 60.2 Å². The third kappa shape index (κ3) is 5.69. The standard InChI is InChI=1S/C28H25N3O2/c1-20-6-8-22(9-7-20)19-33-25-12-10-21(11-13-25)16-24(17-29)28(32)30-15-14-23-18-31-27-5-3-2-4-26(23)27/h2-13,16,18,31H,14-15,19H2,1H3,(H,30,32)/b24-16-. The molecule has 5 nitrogen and oxygen atoms in total. The number of aromatic nitrogens is 1. The molecule has 4 aromatic rings. The number of nitrogens with zero attached hydrogens (tertiary/aromatic N) is 1. The van der Waals surface area contributed by atoms with Crippen molar-refractivity contribution in [3.05, 3.63) is 107 Å². The van der Waals surface area contributed by atoms with Crippen molar-refractivity contribution >= 4 is 22.9 Å². The summed E-state index contributed by atoms with van der Waals surface area (Å²) in [5.41, 5.74) is 5.35. The van der Waals surface area contributed by atoms with Crippen LogP contribution >= 0.6 is 0 Å². The minimum atomic E-state index is -0.378. The Balaban J connectivity index is 1.32. The first-order valence-corrected chi connectivity index (χ1v) is 10.9. The number of H-pyrrole nitrogens is 1. The van der Waals surface area contributed by atoms with Crippen LogP contribution in [0.25, 0.3) is 17.0 Å². The molecule has 0 unspecified atom stereocenters. The minimum absolute atomic E-state index is 0.0715. The SMILES string of the molecule is Cc1ccc(COc2ccc(/C=C(/C#N)C(=O)NCCc3c[nH]c4ccccc34)cc2)cc1. The van der Waals surface area contributed by atoms with Gasteiger partial charge < -0.3 is 15.0 Å². The second-order valence-corrected chi connectivity index (χ2v) is 7.88. The molecule has 0 aliphatic heterocycles. The fraction of sp³-hybridized carbons (Fsp3) is 0.143.